The second-order valence-corrected chi connectivity index (χ2v) is 7.39. The fourth-order valence-electron chi connectivity index (χ4n) is 3.75. The Morgan fingerprint density at radius 1 is 0.625 bits per heavy atom. The van der Waals surface area contributed by atoms with Crippen molar-refractivity contribution in [2.75, 3.05) is 4.90 Å². The minimum Gasteiger partial charge on any atom is -0.311 e. The van der Waals surface area contributed by atoms with E-state index in [1.165, 1.54) is 0 Å². The summed E-state index contributed by atoms with van der Waals surface area (Å²) >= 11 is 0. The molecular formula is C28H21N2O2+. The van der Waals surface area contributed by atoms with Crippen LogP contribution in [0.15, 0.2) is 121 Å². The lowest BCUT2D eigenvalue weighted by molar-refractivity contribution is -0.716. The van der Waals surface area contributed by atoms with Crippen LogP contribution in [0.25, 0.3) is 6.08 Å². The van der Waals surface area contributed by atoms with Crippen molar-refractivity contribution >= 4 is 34.8 Å². The van der Waals surface area contributed by atoms with Crippen LogP contribution >= 0.6 is 0 Å². The minimum absolute atomic E-state index is 0.386. The first-order valence-corrected chi connectivity index (χ1v) is 10.4. The highest BCUT2D eigenvalue weighted by Crippen LogP contribution is 2.34. The Balaban J connectivity index is 1.49. The summed E-state index contributed by atoms with van der Waals surface area (Å²) < 4.78 is 0. The lowest BCUT2D eigenvalue weighted by Gasteiger charge is -2.25. The third-order valence-corrected chi connectivity index (χ3v) is 5.29. The first-order valence-electron chi connectivity index (χ1n) is 10.4. The molecule has 1 N–H and O–H groups in total. The Labute approximate surface area is 186 Å². The topological polar surface area (TPSA) is 43.5 Å². The molecule has 0 saturated heterocycles. The van der Waals surface area contributed by atoms with Crippen molar-refractivity contribution in [1.82, 2.24) is 0 Å². The lowest BCUT2D eigenvalue weighted by atomic mass is 10.0. The van der Waals surface area contributed by atoms with E-state index >= 15 is 0 Å². The normalized spacial score (nSPS) is 14.2. The van der Waals surface area contributed by atoms with Crippen molar-refractivity contribution in [3.63, 3.8) is 0 Å². The van der Waals surface area contributed by atoms with Crippen LogP contribution in [0, 0.1) is 0 Å². The van der Waals surface area contributed by atoms with Crippen LogP contribution in [0.3, 0.4) is 0 Å². The molecular weight excluding hydrogens is 396 g/mol. The van der Waals surface area contributed by atoms with Gasteiger partial charge in [0.05, 0.1) is 5.56 Å². The Morgan fingerprint density at radius 3 is 1.69 bits per heavy atom. The van der Waals surface area contributed by atoms with E-state index in [4.69, 9.17) is 4.84 Å². The smallest absolute Gasteiger partial charge is 0.311 e. The van der Waals surface area contributed by atoms with Crippen molar-refractivity contribution in [1.29, 1.82) is 0 Å². The number of nitrogens with zero attached hydrogens (tertiary/aromatic N) is 1. The van der Waals surface area contributed by atoms with E-state index in [-0.39, 0.29) is 5.97 Å². The zero-order valence-corrected chi connectivity index (χ0v) is 17.3. The molecule has 0 amide bonds. The molecule has 0 bridgehead atoms. The summed E-state index contributed by atoms with van der Waals surface area (Å²) in [5, 5.41) is 2.76. The predicted octanol–water partition coefficient (Wildman–Crippen LogP) is 4.58. The first kappa shape index (κ1) is 19.5. The Hall–Kier alpha value is -4.44. The van der Waals surface area contributed by atoms with Gasteiger partial charge in [0, 0.05) is 17.1 Å². The number of nitrogens with one attached hydrogen (secondary N) is 1. The molecule has 1 heterocycles. The van der Waals surface area contributed by atoms with E-state index in [0.717, 1.165) is 28.2 Å². The maximum atomic E-state index is 12.3. The van der Waals surface area contributed by atoms with E-state index in [1.807, 2.05) is 84.9 Å². The molecule has 0 fully saturated rings. The molecule has 0 saturated carbocycles. The van der Waals surface area contributed by atoms with Gasteiger partial charge in [-0.2, -0.15) is 4.84 Å². The van der Waals surface area contributed by atoms with Crippen molar-refractivity contribution in [2.45, 2.75) is 0 Å². The number of rotatable bonds is 5. The van der Waals surface area contributed by atoms with Crippen LogP contribution in [-0.4, -0.2) is 11.7 Å². The summed E-state index contributed by atoms with van der Waals surface area (Å²) in [6.45, 7) is 0. The van der Waals surface area contributed by atoms with Crippen molar-refractivity contribution < 1.29 is 14.8 Å². The number of para-hydroxylation sites is 2. The van der Waals surface area contributed by atoms with E-state index in [9.17, 15) is 4.79 Å². The van der Waals surface area contributed by atoms with Crippen LogP contribution in [0.1, 0.15) is 11.1 Å². The van der Waals surface area contributed by atoms with Gasteiger partial charge in [0.15, 0.2) is 0 Å². The number of anilines is 3. The van der Waals surface area contributed by atoms with Gasteiger partial charge in [0.25, 0.3) is 5.71 Å². The summed E-state index contributed by atoms with van der Waals surface area (Å²) in [5.41, 5.74) is 6.19. The third kappa shape index (κ3) is 3.94. The molecule has 5 rings (SSSR count). The number of benzene rings is 4. The summed E-state index contributed by atoms with van der Waals surface area (Å²) in [5.74, 6) is -0.386. The minimum atomic E-state index is -0.386. The van der Waals surface area contributed by atoms with Gasteiger partial charge >= 0.3 is 5.97 Å². The summed E-state index contributed by atoms with van der Waals surface area (Å²) in [4.78, 5) is 19.6. The zero-order chi connectivity index (χ0) is 21.8. The quantitative estimate of drug-likeness (QED) is 0.382. The first-order chi connectivity index (χ1) is 15.8. The molecule has 1 aliphatic heterocycles. The van der Waals surface area contributed by atoms with Gasteiger partial charge in [-0.1, -0.05) is 66.7 Å². The SMILES string of the molecule is O=C1O[NH+]=C(c2ccccc2)C1=Cc1ccc(N(c2ccccc2)c2ccccc2)cc1. The molecule has 0 radical (unpaired) electrons. The van der Waals surface area contributed by atoms with E-state index < -0.39 is 0 Å². The van der Waals surface area contributed by atoms with Gasteiger partial charge in [-0.25, -0.2) is 4.79 Å². The highest BCUT2D eigenvalue weighted by atomic mass is 16.7. The van der Waals surface area contributed by atoms with E-state index in [2.05, 4.69) is 46.5 Å². The predicted molar refractivity (Wildman–Crippen MR) is 127 cm³/mol. The number of hydrogen-bond acceptors (Lipinski definition) is 3. The fourth-order valence-corrected chi connectivity index (χ4v) is 3.75. The fraction of sp³-hybridized carbons (Fsp3) is 0. The maximum Gasteiger partial charge on any atom is 0.417 e. The molecule has 0 aliphatic carbocycles. The molecule has 4 nitrogen and oxygen atoms in total. The van der Waals surface area contributed by atoms with E-state index in [0.29, 0.717) is 11.3 Å². The Morgan fingerprint density at radius 2 is 1.12 bits per heavy atom. The summed E-state index contributed by atoms with van der Waals surface area (Å²) in [6, 6.07) is 38.3. The number of carbonyl (C=O) groups excluding carboxylic acids is 1. The zero-order valence-electron chi connectivity index (χ0n) is 17.3. The Kier molecular flexibility index (Phi) is 5.33. The van der Waals surface area contributed by atoms with Crippen LogP contribution in [0.5, 0.6) is 0 Å². The molecule has 4 aromatic rings. The van der Waals surface area contributed by atoms with Crippen molar-refractivity contribution in [3.05, 3.63) is 132 Å². The molecule has 154 valence electrons. The van der Waals surface area contributed by atoms with E-state index in [1.54, 1.807) is 0 Å². The van der Waals surface area contributed by atoms with Crippen molar-refractivity contribution in [2.24, 2.45) is 0 Å². The summed E-state index contributed by atoms with van der Waals surface area (Å²) in [6.07, 6.45) is 1.85. The third-order valence-electron chi connectivity index (χ3n) is 5.29. The van der Waals surface area contributed by atoms with Crippen LogP contribution in [0.4, 0.5) is 17.1 Å². The average Bonchev–Trinajstić information content (AvgIpc) is 3.22. The Bertz CT molecular complexity index is 1240. The second-order valence-electron chi connectivity index (χ2n) is 7.39. The largest absolute Gasteiger partial charge is 0.417 e. The van der Waals surface area contributed by atoms with Gasteiger partial charge < -0.3 is 4.90 Å². The molecule has 1 aliphatic rings. The van der Waals surface area contributed by atoms with Gasteiger partial charge in [-0.15, -0.1) is 0 Å². The maximum absolute atomic E-state index is 12.3. The highest BCUT2D eigenvalue weighted by Gasteiger charge is 2.33. The molecule has 0 spiro atoms. The molecule has 0 aromatic heterocycles. The highest BCUT2D eigenvalue weighted by molar-refractivity contribution is 6.28. The van der Waals surface area contributed by atoms with Gasteiger partial charge in [0.2, 0.25) is 0 Å². The average molecular weight is 417 g/mol. The van der Waals surface area contributed by atoms with Gasteiger partial charge in [0.1, 0.15) is 5.57 Å². The molecule has 0 atom stereocenters. The van der Waals surface area contributed by atoms with Crippen LogP contribution < -0.4 is 10.1 Å². The second kappa shape index (κ2) is 8.74. The summed E-state index contributed by atoms with van der Waals surface area (Å²) in [7, 11) is 0. The number of hydrogen-bond donors (Lipinski definition) is 1. The van der Waals surface area contributed by atoms with Gasteiger partial charge in [-0.3, -0.25) is 0 Å². The van der Waals surface area contributed by atoms with Gasteiger partial charge in [-0.05, 0) is 65.3 Å². The molecule has 0 unspecified atom stereocenters. The van der Waals surface area contributed by atoms with Crippen LogP contribution in [-0.2, 0) is 9.63 Å². The molecule has 32 heavy (non-hydrogen) atoms. The molecule has 4 aromatic carbocycles. The van der Waals surface area contributed by atoms with Crippen molar-refractivity contribution in [3.8, 4) is 0 Å². The van der Waals surface area contributed by atoms with Crippen LogP contribution in [0.2, 0.25) is 0 Å². The standard InChI is InChI=1S/C28H20N2O2/c31-28-26(27(29-32-28)22-10-4-1-5-11-22)20-21-16-18-25(19-17-21)30(23-12-6-2-7-13-23)24-14-8-3-9-15-24/h1-20H/p+1. The number of carbonyl (C=O) groups is 1. The monoisotopic (exact) mass is 417 g/mol. The molecule has 4 heteroatoms. The lowest BCUT2D eigenvalue weighted by Crippen LogP contribution is -2.68.